The lowest BCUT2D eigenvalue weighted by Crippen LogP contribution is -1.98. The number of methoxy groups -OCH3 is 1. The second-order valence-electron chi connectivity index (χ2n) is 4.43. The number of aryl methyl sites for hydroxylation is 1. The highest BCUT2D eigenvalue weighted by molar-refractivity contribution is 5.75. The molecule has 0 spiro atoms. The van der Waals surface area contributed by atoms with Crippen LogP contribution in [0.15, 0.2) is 18.2 Å². The topological polar surface area (TPSA) is 26.3 Å². The Hall–Kier alpha value is -1.31. The van der Waals surface area contributed by atoms with Crippen molar-refractivity contribution in [3.05, 3.63) is 29.3 Å². The van der Waals surface area contributed by atoms with Crippen molar-refractivity contribution in [2.75, 3.05) is 7.11 Å². The molecule has 0 unspecified atom stereocenters. The van der Waals surface area contributed by atoms with E-state index >= 15 is 0 Å². The van der Waals surface area contributed by atoms with Gasteiger partial charge in [-0.2, -0.15) is 0 Å². The monoisotopic (exact) mass is 220 g/mol. The molecule has 0 bridgehead atoms. The van der Waals surface area contributed by atoms with Crippen LogP contribution in [0.2, 0.25) is 0 Å². The molecule has 0 aromatic heterocycles. The number of hydrogen-bond acceptors (Lipinski definition) is 2. The SMILES string of the molecule is COc1ccc(CCC(C)=O)cc1C(C)C. The zero-order valence-corrected chi connectivity index (χ0v) is 10.5. The summed E-state index contributed by atoms with van der Waals surface area (Å²) < 4.78 is 5.32. The van der Waals surface area contributed by atoms with E-state index < -0.39 is 0 Å². The minimum atomic E-state index is 0.238. The first kappa shape index (κ1) is 12.8. The lowest BCUT2D eigenvalue weighted by molar-refractivity contribution is -0.116. The molecule has 0 N–H and O–H groups in total. The normalized spacial score (nSPS) is 10.6. The van der Waals surface area contributed by atoms with Gasteiger partial charge >= 0.3 is 0 Å². The van der Waals surface area contributed by atoms with Gasteiger partial charge in [-0.05, 0) is 36.5 Å². The van der Waals surface area contributed by atoms with Crippen LogP contribution in [0.1, 0.15) is 44.2 Å². The van der Waals surface area contributed by atoms with Crippen LogP contribution in [0.25, 0.3) is 0 Å². The molecule has 0 amide bonds. The smallest absolute Gasteiger partial charge is 0.130 e. The first-order chi connectivity index (χ1) is 7.54. The van der Waals surface area contributed by atoms with E-state index in [4.69, 9.17) is 4.74 Å². The molecule has 0 radical (unpaired) electrons. The van der Waals surface area contributed by atoms with Crippen LogP contribution in [-0.2, 0) is 11.2 Å². The molecule has 2 nitrogen and oxygen atoms in total. The Bertz CT molecular complexity index is 367. The summed E-state index contributed by atoms with van der Waals surface area (Å²) in [7, 11) is 1.69. The number of rotatable bonds is 5. The highest BCUT2D eigenvalue weighted by Gasteiger charge is 2.08. The van der Waals surface area contributed by atoms with E-state index in [1.54, 1.807) is 14.0 Å². The van der Waals surface area contributed by atoms with Crippen molar-refractivity contribution in [2.45, 2.75) is 39.5 Å². The summed E-state index contributed by atoms with van der Waals surface area (Å²) in [5.41, 5.74) is 2.42. The molecule has 1 aromatic carbocycles. The van der Waals surface area contributed by atoms with E-state index in [0.717, 1.165) is 12.2 Å². The Labute approximate surface area is 97.6 Å². The molecule has 0 aliphatic carbocycles. The highest BCUT2D eigenvalue weighted by Crippen LogP contribution is 2.27. The van der Waals surface area contributed by atoms with Crippen molar-refractivity contribution in [1.82, 2.24) is 0 Å². The van der Waals surface area contributed by atoms with Crippen molar-refractivity contribution in [3.63, 3.8) is 0 Å². The molecule has 0 fully saturated rings. The summed E-state index contributed by atoms with van der Waals surface area (Å²) in [5.74, 6) is 1.61. The molecular weight excluding hydrogens is 200 g/mol. The quantitative estimate of drug-likeness (QED) is 0.760. The van der Waals surface area contributed by atoms with Crippen molar-refractivity contribution < 1.29 is 9.53 Å². The number of carbonyl (C=O) groups is 1. The third-order valence-electron chi connectivity index (χ3n) is 2.68. The van der Waals surface area contributed by atoms with Gasteiger partial charge < -0.3 is 9.53 Å². The van der Waals surface area contributed by atoms with Crippen molar-refractivity contribution in [3.8, 4) is 5.75 Å². The second kappa shape index (κ2) is 5.69. The summed E-state index contributed by atoms with van der Waals surface area (Å²) in [6.45, 7) is 5.92. The molecule has 0 atom stereocenters. The fraction of sp³-hybridized carbons (Fsp3) is 0.500. The molecule has 0 heterocycles. The lowest BCUT2D eigenvalue weighted by atomic mass is 9.97. The Morgan fingerprint density at radius 3 is 2.56 bits per heavy atom. The van der Waals surface area contributed by atoms with E-state index in [1.165, 1.54) is 11.1 Å². The minimum Gasteiger partial charge on any atom is -0.496 e. The number of ketones is 1. The Balaban J connectivity index is 2.89. The van der Waals surface area contributed by atoms with Crippen LogP contribution in [-0.4, -0.2) is 12.9 Å². The fourth-order valence-electron chi connectivity index (χ4n) is 1.71. The van der Waals surface area contributed by atoms with Gasteiger partial charge in [-0.25, -0.2) is 0 Å². The summed E-state index contributed by atoms with van der Waals surface area (Å²) in [5, 5.41) is 0. The van der Waals surface area contributed by atoms with E-state index in [9.17, 15) is 4.79 Å². The van der Waals surface area contributed by atoms with Crippen LogP contribution < -0.4 is 4.74 Å². The fourth-order valence-corrected chi connectivity index (χ4v) is 1.71. The number of benzene rings is 1. The Morgan fingerprint density at radius 1 is 1.38 bits per heavy atom. The summed E-state index contributed by atoms with van der Waals surface area (Å²) in [4.78, 5) is 10.9. The van der Waals surface area contributed by atoms with E-state index in [1.807, 2.05) is 12.1 Å². The molecule has 2 heteroatoms. The molecule has 88 valence electrons. The summed E-state index contributed by atoms with van der Waals surface area (Å²) in [6.07, 6.45) is 1.43. The molecule has 0 saturated heterocycles. The van der Waals surface area contributed by atoms with Gasteiger partial charge in [0.2, 0.25) is 0 Å². The van der Waals surface area contributed by atoms with Gasteiger partial charge in [-0.1, -0.05) is 26.0 Å². The second-order valence-corrected chi connectivity index (χ2v) is 4.43. The maximum absolute atomic E-state index is 10.9. The Kier molecular flexibility index (Phi) is 4.53. The van der Waals surface area contributed by atoms with Crippen LogP contribution in [0.5, 0.6) is 5.75 Å². The van der Waals surface area contributed by atoms with Crippen LogP contribution in [0.4, 0.5) is 0 Å². The zero-order valence-electron chi connectivity index (χ0n) is 10.5. The number of Topliss-reactive ketones (excluding diaryl/α,β-unsaturated/α-hetero) is 1. The number of carbonyl (C=O) groups excluding carboxylic acids is 1. The largest absolute Gasteiger partial charge is 0.496 e. The zero-order chi connectivity index (χ0) is 12.1. The maximum Gasteiger partial charge on any atom is 0.130 e. The van der Waals surface area contributed by atoms with Gasteiger partial charge in [0.25, 0.3) is 0 Å². The minimum absolute atomic E-state index is 0.238. The highest BCUT2D eigenvalue weighted by atomic mass is 16.5. The Morgan fingerprint density at radius 2 is 2.06 bits per heavy atom. The predicted octanol–water partition coefficient (Wildman–Crippen LogP) is 3.34. The summed E-state index contributed by atoms with van der Waals surface area (Å²) in [6, 6.07) is 6.17. The maximum atomic E-state index is 10.9. The van der Waals surface area contributed by atoms with Gasteiger partial charge in [0.15, 0.2) is 0 Å². The first-order valence-electron chi connectivity index (χ1n) is 5.71. The molecule has 1 rings (SSSR count). The molecule has 0 aliphatic heterocycles. The van der Waals surface area contributed by atoms with Gasteiger partial charge in [0, 0.05) is 6.42 Å². The van der Waals surface area contributed by atoms with Crippen LogP contribution in [0.3, 0.4) is 0 Å². The van der Waals surface area contributed by atoms with E-state index in [0.29, 0.717) is 12.3 Å². The average Bonchev–Trinajstić information content (AvgIpc) is 2.25. The van der Waals surface area contributed by atoms with Crippen molar-refractivity contribution in [1.29, 1.82) is 0 Å². The number of ether oxygens (including phenoxy) is 1. The van der Waals surface area contributed by atoms with Crippen molar-refractivity contribution in [2.24, 2.45) is 0 Å². The standard InChI is InChI=1S/C14H20O2/c1-10(2)13-9-12(6-5-11(3)15)7-8-14(13)16-4/h7-10H,5-6H2,1-4H3. The molecule has 16 heavy (non-hydrogen) atoms. The third kappa shape index (κ3) is 3.37. The van der Waals surface area contributed by atoms with Gasteiger partial charge in [0.05, 0.1) is 7.11 Å². The molecular formula is C14H20O2. The van der Waals surface area contributed by atoms with E-state index in [2.05, 4.69) is 19.9 Å². The molecule has 0 saturated carbocycles. The van der Waals surface area contributed by atoms with Crippen LogP contribution >= 0.6 is 0 Å². The lowest BCUT2D eigenvalue weighted by Gasteiger charge is -2.13. The summed E-state index contributed by atoms with van der Waals surface area (Å²) >= 11 is 0. The third-order valence-corrected chi connectivity index (χ3v) is 2.68. The first-order valence-corrected chi connectivity index (χ1v) is 5.71. The van der Waals surface area contributed by atoms with Gasteiger partial charge in [0.1, 0.15) is 11.5 Å². The van der Waals surface area contributed by atoms with E-state index in [-0.39, 0.29) is 5.78 Å². The molecule has 1 aromatic rings. The molecule has 0 aliphatic rings. The van der Waals surface area contributed by atoms with Gasteiger partial charge in [-0.3, -0.25) is 0 Å². The van der Waals surface area contributed by atoms with Crippen LogP contribution in [0, 0.1) is 0 Å². The van der Waals surface area contributed by atoms with Crippen molar-refractivity contribution >= 4 is 5.78 Å². The average molecular weight is 220 g/mol. The van der Waals surface area contributed by atoms with Gasteiger partial charge in [-0.15, -0.1) is 0 Å². The number of hydrogen-bond donors (Lipinski definition) is 0. The predicted molar refractivity (Wildman–Crippen MR) is 66.1 cm³/mol.